The first kappa shape index (κ1) is 12.1. The van der Waals surface area contributed by atoms with E-state index in [0.717, 1.165) is 0 Å². The van der Waals surface area contributed by atoms with Crippen molar-refractivity contribution in [2.75, 3.05) is 19.8 Å². The van der Waals surface area contributed by atoms with Crippen molar-refractivity contribution in [3.63, 3.8) is 0 Å². The van der Waals surface area contributed by atoms with E-state index in [4.69, 9.17) is 39.9 Å². The van der Waals surface area contributed by atoms with E-state index >= 15 is 0 Å². The van der Waals surface area contributed by atoms with Crippen LogP contribution in [0.2, 0.25) is 0 Å². The van der Waals surface area contributed by atoms with Crippen molar-refractivity contribution in [1.29, 1.82) is 0 Å². The van der Waals surface area contributed by atoms with Gasteiger partial charge >= 0.3 is 6.09 Å². The van der Waals surface area contributed by atoms with Crippen molar-refractivity contribution < 1.29 is 14.6 Å². The van der Waals surface area contributed by atoms with Crippen molar-refractivity contribution in [2.24, 2.45) is 0 Å². The molecule has 0 aromatic carbocycles. The van der Waals surface area contributed by atoms with Crippen LogP contribution in [-0.4, -0.2) is 34.8 Å². The Kier molecular flexibility index (Phi) is 5.74. The lowest BCUT2D eigenvalue weighted by Crippen LogP contribution is -2.32. The second-order valence-electron chi connectivity index (χ2n) is 1.83. The van der Waals surface area contributed by atoms with Crippen LogP contribution < -0.4 is 5.32 Å². The lowest BCUT2D eigenvalue weighted by molar-refractivity contribution is 0.119. The molecule has 0 rings (SSSR count). The highest BCUT2D eigenvalue weighted by atomic mass is 35.6. The summed E-state index contributed by atoms with van der Waals surface area (Å²) in [6.07, 6.45) is -0.727. The third kappa shape index (κ3) is 8.20. The molecule has 12 heavy (non-hydrogen) atoms. The number of aliphatic hydroxyl groups excluding tert-OH is 1. The minimum absolute atomic E-state index is 0.0777. The molecule has 0 saturated heterocycles. The van der Waals surface area contributed by atoms with Gasteiger partial charge in [0.2, 0.25) is 3.79 Å². The number of hydrogen-bond acceptors (Lipinski definition) is 3. The Hall–Kier alpha value is 0.1000. The smallest absolute Gasteiger partial charge is 0.407 e. The third-order valence-corrected chi connectivity index (χ3v) is 1.16. The lowest BCUT2D eigenvalue weighted by Gasteiger charge is -2.11. The molecule has 0 heterocycles. The molecule has 0 atom stereocenters. The zero-order chi connectivity index (χ0) is 9.61. The minimum Gasteiger partial charge on any atom is -0.447 e. The fraction of sp³-hybridized carbons (Fsp3) is 0.800. The molecule has 0 fully saturated rings. The number of hydrogen-bond donors (Lipinski definition) is 2. The molecular formula is C5H8Cl3NO3. The highest BCUT2D eigenvalue weighted by Crippen LogP contribution is 2.24. The molecule has 1 amide bonds. The van der Waals surface area contributed by atoms with Gasteiger partial charge in [-0.25, -0.2) is 4.79 Å². The zero-order valence-electron chi connectivity index (χ0n) is 6.02. The summed E-state index contributed by atoms with van der Waals surface area (Å²) in [5.74, 6) is 0. The molecule has 72 valence electrons. The van der Waals surface area contributed by atoms with Crippen LogP contribution in [0.1, 0.15) is 0 Å². The van der Waals surface area contributed by atoms with Crippen molar-refractivity contribution in [1.82, 2.24) is 5.32 Å². The summed E-state index contributed by atoms with van der Waals surface area (Å²) in [7, 11) is 0. The molecule has 0 aliphatic rings. The molecule has 0 unspecified atom stereocenters. The van der Waals surface area contributed by atoms with Gasteiger partial charge in [-0.3, -0.25) is 0 Å². The first-order valence-electron chi connectivity index (χ1n) is 3.04. The molecule has 0 bridgehead atoms. The number of alkyl carbamates (subject to hydrolysis) is 1. The normalized spacial score (nSPS) is 11.0. The average Bonchev–Trinajstić information content (AvgIpc) is 1.95. The highest BCUT2D eigenvalue weighted by Gasteiger charge is 2.20. The number of rotatable bonds is 3. The topological polar surface area (TPSA) is 58.6 Å². The molecule has 0 spiro atoms. The number of halogens is 3. The summed E-state index contributed by atoms with van der Waals surface area (Å²) in [6, 6.07) is 0. The molecule has 0 radical (unpaired) electrons. The number of amides is 1. The Morgan fingerprint density at radius 2 is 2.08 bits per heavy atom. The van der Waals surface area contributed by atoms with Crippen LogP contribution in [0, 0.1) is 0 Å². The van der Waals surface area contributed by atoms with E-state index in [2.05, 4.69) is 10.1 Å². The Bertz CT molecular complexity index is 147. The predicted molar refractivity (Wildman–Crippen MR) is 46.7 cm³/mol. The molecule has 0 aliphatic carbocycles. The quantitative estimate of drug-likeness (QED) is 0.721. The van der Waals surface area contributed by atoms with E-state index in [1.165, 1.54) is 0 Å². The van der Waals surface area contributed by atoms with Crippen molar-refractivity contribution in [2.45, 2.75) is 3.79 Å². The van der Waals surface area contributed by atoms with Gasteiger partial charge in [0, 0.05) is 0 Å². The second kappa shape index (κ2) is 5.70. The molecule has 4 nitrogen and oxygen atoms in total. The van der Waals surface area contributed by atoms with Gasteiger partial charge in [0.15, 0.2) is 0 Å². The van der Waals surface area contributed by atoms with Gasteiger partial charge in [-0.05, 0) is 0 Å². The van der Waals surface area contributed by atoms with E-state index in [1.54, 1.807) is 0 Å². The van der Waals surface area contributed by atoms with E-state index in [-0.39, 0.29) is 19.8 Å². The number of ether oxygens (including phenoxy) is 1. The van der Waals surface area contributed by atoms with E-state index in [0.29, 0.717) is 0 Å². The number of aliphatic hydroxyl groups is 1. The molecule has 0 saturated carbocycles. The van der Waals surface area contributed by atoms with Gasteiger partial charge in [-0.1, -0.05) is 34.8 Å². The van der Waals surface area contributed by atoms with Gasteiger partial charge < -0.3 is 15.2 Å². The van der Waals surface area contributed by atoms with Crippen LogP contribution in [0.25, 0.3) is 0 Å². The van der Waals surface area contributed by atoms with Crippen molar-refractivity contribution in [3.05, 3.63) is 0 Å². The van der Waals surface area contributed by atoms with E-state index in [9.17, 15) is 4.79 Å². The SMILES string of the molecule is O=C(NCC(Cl)(Cl)Cl)OCCO. The third-order valence-electron chi connectivity index (χ3n) is 0.758. The summed E-state index contributed by atoms with van der Waals surface area (Å²) in [5, 5.41) is 10.4. The summed E-state index contributed by atoms with van der Waals surface area (Å²) in [5.41, 5.74) is 0. The van der Waals surface area contributed by atoms with Crippen molar-refractivity contribution >= 4 is 40.9 Å². The molecule has 0 aliphatic heterocycles. The first-order chi connectivity index (χ1) is 5.45. The Balaban J connectivity index is 3.44. The summed E-state index contributed by atoms with van der Waals surface area (Å²) in [6.45, 7) is -0.450. The maximum atomic E-state index is 10.6. The van der Waals surface area contributed by atoms with Crippen LogP contribution in [0.15, 0.2) is 0 Å². The maximum Gasteiger partial charge on any atom is 0.407 e. The molecular weight excluding hydrogens is 228 g/mol. The predicted octanol–water partition coefficient (Wildman–Crippen LogP) is 1.08. The van der Waals surface area contributed by atoms with Crippen LogP contribution in [0.3, 0.4) is 0 Å². The molecule has 0 aromatic heterocycles. The van der Waals surface area contributed by atoms with E-state index in [1.807, 2.05) is 0 Å². The van der Waals surface area contributed by atoms with Gasteiger partial charge in [0.05, 0.1) is 13.2 Å². The summed E-state index contributed by atoms with van der Waals surface area (Å²) in [4.78, 5) is 10.6. The van der Waals surface area contributed by atoms with E-state index < -0.39 is 9.89 Å². The van der Waals surface area contributed by atoms with Gasteiger partial charge in [-0.2, -0.15) is 0 Å². The summed E-state index contributed by atoms with van der Waals surface area (Å²) < 4.78 is 2.88. The fourth-order valence-corrected chi connectivity index (χ4v) is 0.562. The Morgan fingerprint density at radius 1 is 1.50 bits per heavy atom. The van der Waals surface area contributed by atoms with Gasteiger partial charge in [-0.15, -0.1) is 0 Å². The average molecular weight is 236 g/mol. The van der Waals surface area contributed by atoms with Crippen LogP contribution >= 0.6 is 34.8 Å². The minimum atomic E-state index is -1.53. The van der Waals surface area contributed by atoms with Crippen LogP contribution in [-0.2, 0) is 4.74 Å². The maximum absolute atomic E-state index is 10.6. The zero-order valence-corrected chi connectivity index (χ0v) is 8.29. The Labute approximate surface area is 84.7 Å². The van der Waals surface area contributed by atoms with Gasteiger partial charge in [0.1, 0.15) is 6.61 Å². The highest BCUT2D eigenvalue weighted by molar-refractivity contribution is 6.67. The largest absolute Gasteiger partial charge is 0.447 e. The molecule has 2 N–H and O–H groups in total. The van der Waals surface area contributed by atoms with Crippen LogP contribution in [0.4, 0.5) is 4.79 Å². The first-order valence-corrected chi connectivity index (χ1v) is 4.17. The number of carbonyl (C=O) groups excluding carboxylic acids is 1. The number of alkyl halides is 3. The monoisotopic (exact) mass is 235 g/mol. The molecule has 7 heteroatoms. The lowest BCUT2D eigenvalue weighted by atomic mass is 10.7. The second-order valence-corrected chi connectivity index (χ2v) is 4.34. The summed E-state index contributed by atoms with van der Waals surface area (Å²) >= 11 is 16.0. The fourth-order valence-electron chi connectivity index (χ4n) is 0.362. The number of carbonyl (C=O) groups is 1. The standard InChI is InChI=1S/C5H8Cl3NO3/c6-5(7,8)3-9-4(11)12-2-1-10/h10H,1-3H2,(H,9,11). The van der Waals surface area contributed by atoms with Gasteiger partial charge in [0.25, 0.3) is 0 Å². The van der Waals surface area contributed by atoms with Crippen molar-refractivity contribution in [3.8, 4) is 0 Å². The molecule has 0 aromatic rings. The Morgan fingerprint density at radius 3 is 2.50 bits per heavy atom. The van der Waals surface area contributed by atoms with Crippen LogP contribution in [0.5, 0.6) is 0 Å². The number of nitrogens with one attached hydrogen (secondary N) is 1.